The van der Waals surface area contributed by atoms with Crippen LogP contribution in [-0.2, 0) is 22.4 Å². The van der Waals surface area contributed by atoms with E-state index in [1.165, 1.54) is 31.1 Å². The minimum Gasteiger partial charge on any atom is -0.481 e. The number of anilines is 1. The van der Waals surface area contributed by atoms with Gasteiger partial charge in [0.2, 0.25) is 5.91 Å². The maximum atomic E-state index is 13.9. The number of carbonyl (C=O) groups is 3. The van der Waals surface area contributed by atoms with Crippen molar-refractivity contribution in [3.05, 3.63) is 65.0 Å². The van der Waals surface area contributed by atoms with E-state index in [2.05, 4.69) is 5.32 Å². The van der Waals surface area contributed by atoms with Crippen LogP contribution in [0.4, 0.5) is 10.1 Å². The van der Waals surface area contributed by atoms with Gasteiger partial charge in [-0.05, 0) is 42.2 Å². The molecule has 2 aromatic rings. The fourth-order valence-corrected chi connectivity index (χ4v) is 3.57. The van der Waals surface area contributed by atoms with Gasteiger partial charge < -0.3 is 15.3 Å². The average molecular weight is 384 g/mol. The molecule has 0 atom stereocenters. The number of carbonyl (C=O) groups excluding carboxylic acids is 2. The van der Waals surface area contributed by atoms with Crippen LogP contribution in [0.25, 0.3) is 0 Å². The maximum Gasteiger partial charge on any atom is 0.310 e. The summed E-state index contributed by atoms with van der Waals surface area (Å²) in [4.78, 5) is 37.8. The zero-order chi connectivity index (χ0) is 20.5. The Morgan fingerprint density at radius 1 is 1.11 bits per heavy atom. The van der Waals surface area contributed by atoms with Gasteiger partial charge in [0, 0.05) is 26.2 Å². The Hall–Kier alpha value is -3.22. The molecular weight excluding hydrogens is 363 g/mol. The predicted molar refractivity (Wildman–Crippen MR) is 102 cm³/mol. The summed E-state index contributed by atoms with van der Waals surface area (Å²) < 4.78 is 13.9. The van der Waals surface area contributed by atoms with E-state index in [9.17, 15) is 23.9 Å². The van der Waals surface area contributed by atoms with Crippen molar-refractivity contribution in [2.45, 2.75) is 19.3 Å². The van der Waals surface area contributed by atoms with Crippen LogP contribution in [0.2, 0.25) is 0 Å². The van der Waals surface area contributed by atoms with Gasteiger partial charge in [0.15, 0.2) is 0 Å². The Labute approximate surface area is 162 Å². The molecule has 1 aliphatic carbocycles. The number of amides is 2. The molecule has 0 bridgehead atoms. The van der Waals surface area contributed by atoms with Gasteiger partial charge in [-0.3, -0.25) is 14.4 Å². The van der Waals surface area contributed by atoms with Crippen LogP contribution in [-0.4, -0.2) is 41.9 Å². The van der Waals surface area contributed by atoms with Crippen molar-refractivity contribution in [1.82, 2.24) is 4.90 Å². The lowest BCUT2D eigenvalue weighted by atomic mass is 9.81. The molecule has 0 fully saturated rings. The molecule has 146 valence electrons. The van der Waals surface area contributed by atoms with Gasteiger partial charge in [0.05, 0.1) is 11.0 Å². The quantitative estimate of drug-likeness (QED) is 0.830. The summed E-state index contributed by atoms with van der Waals surface area (Å²) in [5.41, 5.74) is 0.726. The summed E-state index contributed by atoms with van der Waals surface area (Å²) in [6, 6.07) is 11.1. The van der Waals surface area contributed by atoms with Crippen LogP contribution in [0, 0.1) is 11.2 Å². The molecule has 28 heavy (non-hydrogen) atoms. The zero-order valence-electron chi connectivity index (χ0n) is 15.7. The lowest BCUT2D eigenvalue weighted by molar-refractivity contribution is -0.150. The van der Waals surface area contributed by atoms with E-state index in [1.54, 1.807) is 0 Å². The number of carboxylic acid groups (broad SMARTS) is 1. The van der Waals surface area contributed by atoms with Gasteiger partial charge in [-0.15, -0.1) is 0 Å². The maximum absolute atomic E-state index is 13.9. The number of nitrogens with zero attached hydrogens (tertiary/aromatic N) is 1. The molecule has 2 aromatic carbocycles. The Kier molecular flexibility index (Phi) is 5.18. The Balaban J connectivity index is 1.78. The highest BCUT2D eigenvalue weighted by Crippen LogP contribution is 2.40. The molecule has 0 radical (unpaired) electrons. The minimum atomic E-state index is -1.21. The van der Waals surface area contributed by atoms with E-state index in [-0.39, 0.29) is 30.5 Å². The second-order valence-electron chi connectivity index (χ2n) is 7.33. The third kappa shape index (κ3) is 3.74. The van der Waals surface area contributed by atoms with Gasteiger partial charge >= 0.3 is 5.97 Å². The molecule has 3 rings (SSSR count). The van der Waals surface area contributed by atoms with Gasteiger partial charge in [0.25, 0.3) is 5.91 Å². The third-order valence-corrected chi connectivity index (χ3v) is 5.02. The fraction of sp³-hybridized carbons (Fsp3) is 0.286. The second kappa shape index (κ2) is 7.42. The molecule has 0 saturated carbocycles. The Bertz CT molecular complexity index is 930. The molecule has 2 N–H and O–H groups in total. The first kappa shape index (κ1) is 19.5. The number of fused-ring (bicyclic) bond motifs is 1. The van der Waals surface area contributed by atoms with E-state index in [0.717, 1.165) is 17.2 Å². The Morgan fingerprint density at radius 3 is 2.25 bits per heavy atom. The number of hydrogen-bond acceptors (Lipinski definition) is 3. The van der Waals surface area contributed by atoms with Crippen LogP contribution in [0.1, 0.15) is 27.9 Å². The average Bonchev–Trinajstić information content (AvgIpc) is 3.01. The standard InChI is InChI=1S/C21H21FN2O4/c1-24(2)19(26)16-9-15(7-8-17(16)22)23-18(25)12-21(20(27)28)10-13-5-3-4-6-14(13)11-21/h3-9H,10-12H2,1-2H3,(H,23,25)(H,27,28). The van der Waals surface area contributed by atoms with Gasteiger partial charge in [0.1, 0.15) is 5.82 Å². The highest BCUT2D eigenvalue weighted by atomic mass is 19.1. The van der Waals surface area contributed by atoms with Crippen molar-refractivity contribution >= 4 is 23.5 Å². The van der Waals surface area contributed by atoms with E-state index in [4.69, 9.17) is 0 Å². The monoisotopic (exact) mass is 384 g/mol. The normalized spacial score (nSPS) is 14.2. The summed E-state index contributed by atoms with van der Waals surface area (Å²) in [5, 5.41) is 12.4. The van der Waals surface area contributed by atoms with E-state index in [1.807, 2.05) is 24.3 Å². The highest BCUT2D eigenvalue weighted by Gasteiger charge is 2.45. The highest BCUT2D eigenvalue weighted by molar-refractivity contribution is 5.98. The summed E-state index contributed by atoms with van der Waals surface area (Å²) in [7, 11) is 3.00. The van der Waals surface area contributed by atoms with Gasteiger partial charge in [-0.2, -0.15) is 0 Å². The lowest BCUT2D eigenvalue weighted by Gasteiger charge is -2.23. The predicted octanol–water partition coefficient (Wildman–Crippen LogP) is 2.73. The first-order chi connectivity index (χ1) is 13.2. The van der Waals surface area contributed by atoms with Crippen LogP contribution in [0.3, 0.4) is 0 Å². The van der Waals surface area contributed by atoms with Crippen molar-refractivity contribution in [2.24, 2.45) is 5.41 Å². The molecule has 6 nitrogen and oxygen atoms in total. The summed E-state index contributed by atoms with van der Waals surface area (Å²) in [5.74, 6) is -2.74. The third-order valence-electron chi connectivity index (χ3n) is 5.02. The number of hydrogen-bond donors (Lipinski definition) is 2. The van der Waals surface area contributed by atoms with Crippen molar-refractivity contribution < 1.29 is 23.9 Å². The van der Waals surface area contributed by atoms with Crippen molar-refractivity contribution in [3.8, 4) is 0 Å². The molecular formula is C21H21FN2O4. The first-order valence-electron chi connectivity index (χ1n) is 8.83. The van der Waals surface area contributed by atoms with E-state index >= 15 is 0 Å². The van der Waals surface area contributed by atoms with Crippen LogP contribution >= 0.6 is 0 Å². The Morgan fingerprint density at radius 2 is 1.71 bits per heavy atom. The zero-order valence-corrected chi connectivity index (χ0v) is 15.7. The van der Waals surface area contributed by atoms with Crippen LogP contribution in [0.15, 0.2) is 42.5 Å². The number of carboxylic acids is 1. The number of benzene rings is 2. The number of halogens is 1. The number of aliphatic carboxylic acids is 1. The number of nitrogens with one attached hydrogen (secondary N) is 1. The molecule has 7 heteroatoms. The van der Waals surface area contributed by atoms with E-state index < -0.39 is 29.0 Å². The molecule has 0 aliphatic heterocycles. The summed E-state index contributed by atoms with van der Waals surface area (Å²) in [6.45, 7) is 0. The lowest BCUT2D eigenvalue weighted by Crippen LogP contribution is -2.36. The second-order valence-corrected chi connectivity index (χ2v) is 7.33. The molecule has 0 saturated heterocycles. The molecule has 0 spiro atoms. The minimum absolute atomic E-state index is 0.163. The molecule has 0 unspecified atom stereocenters. The van der Waals surface area contributed by atoms with E-state index in [0.29, 0.717) is 0 Å². The molecule has 0 heterocycles. The fourth-order valence-electron chi connectivity index (χ4n) is 3.57. The van der Waals surface area contributed by atoms with Crippen molar-refractivity contribution in [1.29, 1.82) is 0 Å². The summed E-state index contributed by atoms with van der Waals surface area (Å²) in [6.07, 6.45) is 0.338. The molecule has 1 aliphatic rings. The summed E-state index contributed by atoms with van der Waals surface area (Å²) >= 11 is 0. The number of rotatable bonds is 5. The van der Waals surface area contributed by atoms with Gasteiger partial charge in [-0.1, -0.05) is 24.3 Å². The molecule has 2 amide bonds. The largest absolute Gasteiger partial charge is 0.481 e. The van der Waals surface area contributed by atoms with Gasteiger partial charge in [-0.25, -0.2) is 4.39 Å². The topological polar surface area (TPSA) is 86.7 Å². The van der Waals surface area contributed by atoms with Crippen molar-refractivity contribution in [3.63, 3.8) is 0 Å². The first-order valence-corrected chi connectivity index (χ1v) is 8.83. The van der Waals surface area contributed by atoms with Crippen LogP contribution < -0.4 is 5.32 Å². The van der Waals surface area contributed by atoms with Crippen LogP contribution in [0.5, 0.6) is 0 Å². The van der Waals surface area contributed by atoms with Crippen molar-refractivity contribution in [2.75, 3.05) is 19.4 Å². The molecule has 0 aromatic heterocycles. The smallest absolute Gasteiger partial charge is 0.310 e. The SMILES string of the molecule is CN(C)C(=O)c1cc(NC(=O)CC2(C(=O)O)Cc3ccccc3C2)ccc1F.